The standard InChI is InChI=1S/C20H15BrF3N3O2S/c1-29-15-8-4-12(5-9-15)16-10-19(28,20(22,23)24)27(26-16)18-25-17(11-30-18)13-2-6-14(21)7-3-13/h2-9,11,28H,10H2,1H3/t19-/m1/s1. The number of aliphatic hydroxyl groups is 1. The number of hydrogen-bond donors (Lipinski definition) is 1. The van der Waals surface area contributed by atoms with Gasteiger partial charge < -0.3 is 9.84 Å². The number of ether oxygens (including phenoxy) is 1. The molecule has 1 aliphatic rings. The minimum absolute atomic E-state index is 0.0451. The molecule has 0 fully saturated rings. The fraction of sp³-hybridized carbons (Fsp3) is 0.200. The van der Waals surface area contributed by atoms with E-state index in [-0.39, 0.29) is 10.8 Å². The predicted octanol–water partition coefficient (Wildman–Crippen LogP) is 5.45. The van der Waals surface area contributed by atoms with Crippen molar-refractivity contribution in [1.29, 1.82) is 0 Å². The third-order valence-electron chi connectivity index (χ3n) is 4.68. The van der Waals surface area contributed by atoms with E-state index in [1.165, 1.54) is 7.11 Å². The van der Waals surface area contributed by atoms with Gasteiger partial charge in [0.2, 0.25) is 5.13 Å². The lowest BCUT2D eigenvalue weighted by atomic mass is 10.0. The molecule has 4 rings (SSSR count). The number of hydrogen-bond acceptors (Lipinski definition) is 6. The molecule has 0 saturated carbocycles. The number of nitrogens with zero attached hydrogens (tertiary/aromatic N) is 3. The second-order valence-corrected chi connectivity index (χ2v) is 8.35. The number of alkyl halides is 3. The molecule has 3 aromatic rings. The summed E-state index contributed by atoms with van der Waals surface area (Å²) in [5, 5.41) is 16.9. The van der Waals surface area contributed by atoms with E-state index in [1.807, 2.05) is 12.1 Å². The number of rotatable bonds is 4. The normalized spacial score (nSPS) is 19.1. The Morgan fingerprint density at radius 1 is 1.10 bits per heavy atom. The zero-order valence-corrected chi connectivity index (χ0v) is 17.9. The van der Waals surface area contributed by atoms with Crippen LogP contribution in [0.1, 0.15) is 12.0 Å². The van der Waals surface area contributed by atoms with Crippen LogP contribution in [0.25, 0.3) is 11.3 Å². The molecule has 156 valence electrons. The summed E-state index contributed by atoms with van der Waals surface area (Å²) >= 11 is 4.33. The summed E-state index contributed by atoms with van der Waals surface area (Å²) in [5.41, 5.74) is -1.37. The van der Waals surface area contributed by atoms with Crippen LogP contribution in [0.15, 0.2) is 63.5 Å². The van der Waals surface area contributed by atoms with E-state index < -0.39 is 18.3 Å². The highest BCUT2D eigenvalue weighted by molar-refractivity contribution is 9.10. The van der Waals surface area contributed by atoms with Gasteiger partial charge in [-0.15, -0.1) is 11.3 Å². The van der Waals surface area contributed by atoms with Gasteiger partial charge in [0.1, 0.15) is 5.75 Å². The molecule has 0 spiro atoms. The molecular formula is C20H15BrF3N3O2S. The molecule has 1 aromatic heterocycles. The molecule has 0 unspecified atom stereocenters. The van der Waals surface area contributed by atoms with Crippen molar-refractivity contribution in [1.82, 2.24) is 4.98 Å². The summed E-state index contributed by atoms with van der Waals surface area (Å²) < 4.78 is 47.5. The van der Waals surface area contributed by atoms with Gasteiger partial charge in [-0.1, -0.05) is 28.1 Å². The van der Waals surface area contributed by atoms with Crippen molar-refractivity contribution < 1.29 is 23.0 Å². The summed E-state index contributed by atoms with van der Waals surface area (Å²) in [7, 11) is 1.50. The molecule has 0 radical (unpaired) electrons. The summed E-state index contributed by atoms with van der Waals surface area (Å²) in [5.74, 6) is 0.569. The lowest BCUT2D eigenvalue weighted by molar-refractivity contribution is -0.254. The average Bonchev–Trinajstić information content (AvgIpc) is 3.33. The quantitative estimate of drug-likeness (QED) is 0.520. The van der Waals surface area contributed by atoms with Gasteiger partial charge >= 0.3 is 6.18 Å². The maximum Gasteiger partial charge on any atom is 0.438 e. The maximum absolute atomic E-state index is 13.8. The van der Waals surface area contributed by atoms with Gasteiger partial charge in [-0.05, 0) is 42.0 Å². The van der Waals surface area contributed by atoms with Crippen LogP contribution in [0.2, 0.25) is 0 Å². The zero-order chi connectivity index (χ0) is 21.5. The molecule has 1 aliphatic heterocycles. The first kappa shape index (κ1) is 20.8. The second kappa shape index (κ2) is 7.68. The molecular weight excluding hydrogens is 483 g/mol. The van der Waals surface area contributed by atoms with E-state index in [9.17, 15) is 18.3 Å². The Balaban J connectivity index is 1.72. The van der Waals surface area contributed by atoms with Gasteiger partial charge in [-0.25, -0.2) is 4.98 Å². The Bertz CT molecular complexity index is 1080. The van der Waals surface area contributed by atoms with Crippen LogP contribution in [0.3, 0.4) is 0 Å². The van der Waals surface area contributed by atoms with Gasteiger partial charge in [0.25, 0.3) is 5.72 Å². The van der Waals surface area contributed by atoms with Crippen molar-refractivity contribution in [3.05, 3.63) is 63.9 Å². The number of thiazole rings is 1. The van der Waals surface area contributed by atoms with Gasteiger partial charge in [-0.3, -0.25) is 0 Å². The van der Waals surface area contributed by atoms with Crippen LogP contribution < -0.4 is 9.75 Å². The molecule has 5 nitrogen and oxygen atoms in total. The van der Waals surface area contributed by atoms with Crippen LogP contribution in [0, 0.1) is 0 Å². The SMILES string of the molecule is COc1ccc(C2=NN(c3nc(-c4ccc(Br)cc4)cs3)[C@](O)(C(F)(F)F)C2)cc1. The molecule has 1 N–H and O–H groups in total. The van der Waals surface area contributed by atoms with Crippen LogP contribution in [0.5, 0.6) is 5.75 Å². The van der Waals surface area contributed by atoms with Crippen LogP contribution in [-0.2, 0) is 0 Å². The number of benzene rings is 2. The summed E-state index contributed by atoms with van der Waals surface area (Å²) in [6.45, 7) is 0. The van der Waals surface area contributed by atoms with Crippen molar-refractivity contribution in [2.45, 2.75) is 18.3 Å². The van der Waals surface area contributed by atoms with E-state index in [1.54, 1.807) is 41.8 Å². The maximum atomic E-state index is 13.8. The Hall–Kier alpha value is -2.43. The Kier molecular flexibility index (Phi) is 5.33. The first-order valence-electron chi connectivity index (χ1n) is 8.74. The average molecular weight is 498 g/mol. The fourth-order valence-electron chi connectivity index (χ4n) is 3.03. The van der Waals surface area contributed by atoms with Gasteiger partial charge in [0, 0.05) is 15.4 Å². The van der Waals surface area contributed by atoms with Crippen molar-refractivity contribution in [2.75, 3.05) is 12.1 Å². The molecule has 0 bridgehead atoms. The Morgan fingerprint density at radius 3 is 2.33 bits per heavy atom. The molecule has 30 heavy (non-hydrogen) atoms. The van der Waals surface area contributed by atoms with E-state index >= 15 is 0 Å². The number of anilines is 1. The molecule has 2 aromatic carbocycles. The number of halogens is 4. The lowest BCUT2D eigenvalue weighted by Gasteiger charge is -2.32. The summed E-state index contributed by atoms with van der Waals surface area (Å²) in [4.78, 5) is 4.30. The molecule has 0 amide bonds. The molecule has 0 saturated heterocycles. The molecule has 1 atom stereocenters. The third-order valence-corrected chi connectivity index (χ3v) is 6.02. The van der Waals surface area contributed by atoms with E-state index in [4.69, 9.17) is 4.74 Å². The Labute approximate surface area is 182 Å². The van der Waals surface area contributed by atoms with Gasteiger partial charge in [-0.2, -0.15) is 23.3 Å². The number of hydrazone groups is 1. The first-order valence-corrected chi connectivity index (χ1v) is 10.4. The predicted molar refractivity (Wildman–Crippen MR) is 113 cm³/mol. The summed E-state index contributed by atoms with van der Waals surface area (Å²) in [6.07, 6.45) is -5.65. The topological polar surface area (TPSA) is 58.0 Å². The highest BCUT2D eigenvalue weighted by atomic mass is 79.9. The van der Waals surface area contributed by atoms with Crippen molar-refractivity contribution in [2.24, 2.45) is 5.10 Å². The molecule has 2 heterocycles. The van der Waals surface area contributed by atoms with Crippen LogP contribution in [-0.4, -0.2) is 34.8 Å². The lowest BCUT2D eigenvalue weighted by Crippen LogP contribution is -2.55. The van der Waals surface area contributed by atoms with E-state index in [2.05, 4.69) is 26.0 Å². The monoisotopic (exact) mass is 497 g/mol. The van der Waals surface area contributed by atoms with Crippen molar-refractivity contribution >= 4 is 38.1 Å². The number of aromatic nitrogens is 1. The second-order valence-electron chi connectivity index (χ2n) is 6.60. The largest absolute Gasteiger partial charge is 0.497 e. The minimum atomic E-state index is -4.94. The molecule has 10 heteroatoms. The minimum Gasteiger partial charge on any atom is -0.497 e. The summed E-state index contributed by atoms with van der Waals surface area (Å²) in [6, 6.07) is 13.7. The highest BCUT2D eigenvalue weighted by Gasteiger charge is 2.62. The number of methoxy groups -OCH3 is 1. The van der Waals surface area contributed by atoms with E-state index in [0.29, 0.717) is 22.0 Å². The molecule has 0 aliphatic carbocycles. The van der Waals surface area contributed by atoms with Gasteiger partial charge in [0.15, 0.2) is 0 Å². The van der Waals surface area contributed by atoms with Crippen molar-refractivity contribution in [3.8, 4) is 17.0 Å². The van der Waals surface area contributed by atoms with Crippen LogP contribution >= 0.6 is 27.3 Å². The smallest absolute Gasteiger partial charge is 0.438 e. The van der Waals surface area contributed by atoms with Crippen LogP contribution in [0.4, 0.5) is 18.3 Å². The Morgan fingerprint density at radius 2 is 1.73 bits per heavy atom. The zero-order valence-electron chi connectivity index (χ0n) is 15.5. The van der Waals surface area contributed by atoms with Crippen molar-refractivity contribution in [3.63, 3.8) is 0 Å². The van der Waals surface area contributed by atoms with Gasteiger partial charge in [0.05, 0.1) is 24.9 Å². The first-order chi connectivity index (χ1) is 14.2. The third kappa shape index (κ3) is 3.70. The fourth-order valence-corrected chi connectivity index (χ4v) is 4.14. The van der Waals surface area contributed by atoms with E-state index in [0.717, 1.165) is 21.4 Å². The highest BCUT2D eigenvalue weighted by Crippen LogP contribution is 2.45.